The third-order valence-electron chi connectivity index (χ3n) is 7.54. The van der Waals surface area contributed by atoms with Gasteiger partial charge in [0.1, 0.15) is 5.75 Å². The number of rotatable bonds is 9. The number of ether oxygens (including phenoxy) is 1. The van der Waals surface area contributed by atoms with Gasteiger partial charge in [0.2, 0.25) is 0 Å². The molecule has 2 fully saturated rings. The summed E-state index contributed by atoms with van der Waals surface area (Å²) in [7, 11) is 0. The first-order valence-corrected chi connectivity index (χ1v) is 12.5. The quantitative estimate of drug-likeness (QED) is 0.273. The maximum Gasteiger partial charge on any atom is 0.573 e. The summed E-state index contributed by atoms with van der Waals surface area (Å²) in [6.45, 7) is 0. The molecule has 2 nitrogen and oxygen atoms in total. The molecule has 2 saturated carbocycles. The average molecular weight is 460 g/mol. The highest BCUT2D eigenvalue weighted by Gasteiger charge is 2.31. The normalized spacial score (nSPS) is 26.5. The number of halogens is 3. The van der Waals surface area contributed by atoms with Crippen LogP contribution in [0.5, 0.6) is 5.75 Å². The third-order valence-corrected chi connectivity index (χ3v) is 7.54. The number of nitrogens with zero attached hydrogens (tertiary/aromatic N) is 1. The van der Waals surface area contributed by atoms with Crippen molar-refractivity contribution in [2.45, 2.75) is 89.3 Å². The van der Waals surface area contributed by atoms with Crippen LogP contribution in [0.1, 0.15) is 88.5 Å². The zero-order chi connectivity index (χ0) is 23.5. The molecule has 3 rings (SSSR count). The topological polar surface area (TPSA) is 33.0 Å². The number of allylic oxidation sites excluding steroid dienone is 4. The van der Waals surface area contributed by atoms with Crippen LogP contribution in [0.3, 0.4) is 0 Å². The van der Waals surface area contributed by atoms with E-state index in [1.54, 1.807) is 18.2 Å². The van der Waals surface area contributed by atoms with Crippen molar-refractivity contribution >= 4 is 0 Å². The minimum atomic E-state index is -4.63. The van der Waals surface area contributed by atoms with Gasteiger partial charge in [-0.3, -0.25) is 0 Å². The van der Waals surface area contributed by atoms with Crippen LogP contribution in [0.4, 0.5) is 13.2 Å². The van der Waals surface area contributed by atoms with Gasteiger partial charge in [0, 0.05) is 6.08 Å². The van der Waals surface area contributed by atoms with E-state index in [-0.39, 0.29) is 5.75 Å². The summed E-state index contributed by atoms with van der Waals surface area (Å²) in [5.41, 5.74) is 1.14. The van der Waals surface area contributed by atoms with Gasteiger partial charge in [0.25, 0.3) is 0 Å². The number of alkyl halides is 3. The van der Waals surface area contributed by atoms with Crippen LogP contribution in [0.2, 0.25) is 0 Å². The molecule has 33 heavy (non-hydrogen) atoms. The van der Waals surface area contributed by atoms with E-state index in [1.165, 1.54) is 76.0 Å². The van der Waals surface area contributed by atoms with Gasteiger partial charge < -0.3 is 4.74 Å². The Morgan fingerprint density at radius 2 is 1.36 bits per heavy atom. The van der Waals surface area contributed by atoms with E-state index in [0.717, 1.165) is 42.6 Å². The Morgan fingerprint density at radius 1 is 0.818 bits per heavy atom. The third kappa shape index (κ3) is 9.27. The van der Waals surface area contributed by atoms with Crippen molar-refractivity contribution < 1.29 is 17.9 Å². The van der Waals surface area contributed by atoms with Crippen LogP contribution >= 0.6 is 0 Å². The van der Waals surface area contributed by atoms with E-state index in [4.69, 9.17) is 5.26 Å². The maximum absolute atomic E-state index is 12.3. The van der Waals surface area contributed by atoms with Crippen molar-refractivity contribution in [1.82, 2.24) is 0 Å². The molecule has 0 amide bonds. The molecule has 0 N–H and O–H groups in total. The molecule has 2 aliphatic carbocycles. The van der Waals surface area contributed by atoms with Crippen LogP contribution in [0.25, 0.3) is 0 Å². The van der Waals surface area contributed by atoms with Gasteiger partial charge in [0.05, 0.1) is 6.07 Å². The number of hydrogen-bond acceptors (Lipinski definition) is 2. The van der Waals surface area contributed by atoms with Crippen LogP contribution < -0.4 is 4.74 Å². The molecule has 1 aromatic carbocycles. The molecule has 5 heteroatoms. The van der Waals surface area contributed by atoms with Crippen molar-refractivity contribution in [2.24, 2.45) is 17.8 Å². The van der Waals surface area contributed by atoms with Gasteiger partial charge in [0.15, 0.2) is 0 Å². The first kappa shape index (κ1) is 25.4. The molecule has 180 valence electrons. The van der Waals surface area contributed by atoms with E-state index >= 15 is 0 Å². The second kappa shape index (κ2) is 12.9. The Kier molecular flexibility index (Phi) is 9.91. The summed E-state index contributed by atoms with van der Waals surface area (Å²) in [5.74, 6) is 2.86. The lowest BCUT2D eigenvalue weighted by Gasteiger charge is -2.32. The SMILES string of the molecule is N#CC=CC=CCCC1CCC(CCC2CCC(c3ccc(OC(F)(F)F)cc3)CC2)CC1. The largest absolute Gasteiger partial charge is 0.573 e. The summed E-state index contributed by atoms with van der Waals surface area (Å²) in [6, 6.07) is 8.46. The lowest BCUT2D eigenvalue weighted by Crippen LogP contribution is -2.18. The van der Waals surface area contributed by atoms with Crippen LogP contribution in [-0.2, 0) is 0 Å². The van der Waals surface area contributed by atoms with Gasteiger partial charge in [-0.1, -0.05) is 68.9 Å². The Labute approximate surface area is 196 Å². The Hall–Kier alpha value is -2.22. The van der Waals surface area contributed by atoms with Gasteiger partial charge >= 0.3 is 6.36 Å². The Bertz CT molecular complexity index is 790. The van der Waals surface area contributed by atoms with E-state index in [0.29, 0.717) is 5.92 Å². The highest BCUT2D eigenvalue weighted by Crippen LogP contribution is 2.40. The van der Waals surface area contributed by atoms with Gasteiger partial charge in [-0.15, -0.1) is 13.2 Å². The highest BCUT2D eigenvalue weighted by atomic mass is 19.4. The molecular weight excluding hydrogens is 423 g/mol. The van der Waals surface area contributed by atoms with Gasteiger partial charge in [-0.25, -0.2) is 0 Å². The predicted octanol–water partition coefficient (Wildman–Crippen LogP) is 8.86. The molecule has 0 saturated heterocycles. The van der Waals surface area contributed by atoms with E-state index in [9.17, 15) is 13.2 Å². The smallest absolute Gasteiger partial charge is 0.406 e. The molecule has 0 atom stereocenters. The van der Waals surface area contributed by atoms with Gasteiger partial charge in [-0.2, -0.15) is 5.26 Å². The van der Waals surface area contributed by atoms with Crippen LogP contribution in [0, 0.1) is 29.1 Å². The van der Waals surface area contributed by atoms with Crippen molar-refractivity contribution in [3.05, 3.63) is 54.1 Å². The maximum atomic E-state index is 12.3. The minimum absolute atomic E-state index is 0.140. The van der Waals surface area contributed by atoms with E-state index < -0.39 is 6.36 Å². The fraction of sp³-hybridized carbons (Fsp3) is 0.607. The van der Waals surface area contributed by atoms with E-state index in [1.807, 2.05) is 12.1 Å². The molecule has 0 unspecified atom stereocenters. The number of hydrogen-bond donors (Lipinski definition) is 0. The lowest BCUT2D eigenvalue weighted by atomic mass is 9.74. The van der Waals surface area contributed by atoms with Gasteiger partial charge in [-0.05, 0) is 79.9 Å². The average Bonchev–Trinajstić information content (AvgIpc) is 2.81. The summed E-state index contributed by atoms with van der Waals surface area (Å²) >= 11 is 0. The summed E-state index contributed by atoms with van der Waals surface area (Å²) < 4.78 is 41.0. The molecule has 0 bridgehead atoms. The molecule has 2 aliphatic rings. The van der Waals surface area contributed by atoms with E-state index in [2.05, 4.69) is 10.8 Å². The van der Waals surface area contributed by atoms with Crippen LogP contribution in [0.15, 0.2) is 48.6 Å². The molecule has 1 aromatic rings. The lowest BCUT2D eigenvalue weighted by molar-refractivity contribution is -0.274. The summed E-state index contributed by atoms with van der Waals surface area (Å²) in [6.07, 6.45) is 18.0. The zero-order valence-electron chi connectivity index (χ0n) is 19.4. The Morgan fingerprint density at radius 3 is 1.91 bits per heavy atom. The summed E-state index contributed by atoms with van der Waals surface area (Å²) in [5, 5.41) is 8.47. The summed E-state index contributed by atoms with van der Waals surface area (Å²) in [4.78, 5) is 0. The van der Waals surface area contributed by atoms with Crippen molar-refractivity contribution in [3.8, 4) is 11.8 Å². The van der Waals surface area contributed by atoms with Crippen molar-refractivity contribution in [3.63, 3.8) is 0 Å². The molecule has 0 aromatic heterocycles. The highest BCUT2D eigenvalue weighted by molar-refractivity contribution is 5.29. The first-order valence-electron chi connectivity index (χ1n) is 12.5. The number of benzene rings is 1. The standard InChI is InChI=1S/C28H36F3NO/c29-28(30,31)33-27-19-17-26(18-20-27)25-15-13-24(14-16-25)12-11-23-9-7-22(8-10-23)6-4-2-1-3-5-21-32/h1-3,5,17-20,22-25H,4,6-16H2. The minimum Gasteiger partial charge on any atom is -0.406 e. The fourth-order valence-electron chi connectivity index (χ4n) is 5.61. The molecule has 0 heterocycles. The molecular formula is C28H36F3NO. The Balaban J connectivity index is 1.29. The van der Waals surface area contributed by atoms with Crippen LogP contribution in [-0.4, -0.2) is 6.36 Å². The molecule has 0 radical (unpaired) electrons. The molecule has 0 aliphatic heterocycles. The number of nitriles is 1. The van der Waals surface area contributed by atoms with Crippen molar-refractivity contribution in [1.29, 1.82) is 5.26 Å². The van der Waals surface area contributed by atoms with Crippen molar-refractivity contribution in [2.75, 3.05) is 0 Å². The second-order valence-corrected chi connectivity index (χ2v) is 9.79. The molecule has 0 spiro atoms. The fourth-order valence-corrected chi connectivity index (χ4v) is 5.61. The zero-order valence-corrected chi connectivity index (χ0v) is 19.4. The first-order chi connectivity index (χ1) is 15.9. The monoisotopic (exact) mass is 459 g/mol. The predicted molar refractivity (Wildman–Crippen MR) is 126 cm³/mol. The second-order valence-electron chi connectivity index (χ2n) is 9.79.